The van der Waals surface area contributed by atoms with Gasteiger partial charge in [-0.3, -0.25) is 14.7 Å². The van der Waals surface area contributed by atoms with Crippen molar-refractivity contribution in [3.05, 3.63) is 35.9 Å². The third-order valence-corrected chi connectivity index (χ3v) is 4.66. The van der Waals surface area contributed by atoms with Crippen molar-refractivity contribution < 1.29 is 4.79 Å². The zero-order chi connectivity index (χ0) is 19.6. The molecule has 1 amide bonds. The van der Waals surface area contributed by atoms with Gasteiger partial charge in [0.15, 0.2) is 5.96 Å². The van der Waals surface area contributed by atoms with Crippen LogP contribution in [0.5, 0.6) is 0 Å². The number of nitrogens with one attached hydrogen (secondary N) is 3. The molecule has 0 spiro atoms. The summed E-state index contributed by atoms with van der Waals surface area (Å²) >= 11 is 0. The number of halogens is 1. The van der Waals surface area contributed by atoms with E-state index in [1.54, 1.807) is 14.1 Å². The zero-order valence-electron chi connectivity index (χ0n) is 17.5. The van der Waals surface area contributed by atoms with Crippen LogP contribution in [0.25, 0.3) is 0 Å². The third-order valence-electron chi connectivity index (χ3n) is 4.66. The molecule has 27 heavy (non-hydrogen) atoms. The lowest BCUT2D eigenvalue weighted by molar-refractivity contribution is -0.128. The number of hydrogen-bond acceptors (Lipinski definition) is 3. The van der Waals surface area contributed by atoms with E-state index in [0.29, 0.717) is 12.5 Å². The van der Waals surface area contributed by atoms with Gasteiger partial charge < -0.3 is 16.0 Å². The van der Waals surface area contributed by atoms with E-state index in [4.69, 9.17) is 0 Å². The summed E-state index contributed by atoms with van der Waals surface area (Å²) < 4.78 is 0. The molecule has 7 heteroatoms. The van der Waals surface area contributed by atoms with E-state index in [9.17, 15) is 4.79 Å². The molecule has 0 fully saturated rings. The lowest BCUT2D eigenvalue weighted by Gasteiger charge is -2.31. The van der Waals surface area contributed by atoms with Crippen LogP contribution in [0.4, 0.5) is 0 Å². The number of likely N-dealkylation sites (N-methyl/N-ethyl adjacent to an activating group) is 1. The van der Waals surface area contributed by atoms with E-state index in [-0.39, 0.29) is 35.9 Å². The normalized spacial score (nSPS) is 12.9. The number of hydrogen-bond donors (Lipinski definition) is 3. The Balaban J connectivity index is 0.00000676. The van der Waals surface area contributed by atoms with Gasteiger partial charge in [0.1, 0.15) is 0 Å². The molecule has 0 heterocycles. The molecule has 1 aromatic rings. The van der Waals surface area contributed by atoms with Crippen LogP contribution < -0.4 is 16.0 Å². The molecule has 0 bridgehead atoms. The van der Waals surface area contributed by atoms with Crippen LogP contribution in [-0.2, 0) is 4.79 Å². The summed E-state index contributed by atoms with van der Waals surface area (Å²) in [5.74, 6) is 0.709. The molecule has 0 aliphatic rings. The van der Waals surface area contributed by atoms with E-state index in [2.05, 4.69) is 64.0 Å². The highest BCUT2D eigenvalue weighted by atomic mass is 127. The average molecular weight is 489 g/mol. The molecule has 0 aliphatic carbocycles. The second-order valence-corrected chi connectivity index (χ2v) is 6.92. The largest absolute Gasteiger partial charge is 0.359 e. The minimum absolute atomic E-state index is 0. The lowest BCUT2D eigenvalue weighted by atomic mass is 9.92. The highest BCUT2D eigenvalue weighted by Crippen LogP contribution is 2.19. The molecule has 0 aliphatic heterocycles. The molecular weight excluding hydrogens is 453 g/mol. The summed E-state index contributed by atoms with van der Waals surface area (Å²) in [5.41, 5.74) is 0.772. The molecule has 0 saturated heterocycles. The van der Waals surface area contributed by atoms with Crippen LogP contribution >= 0.6 is 24.0 Å². The van der Waals surface area contributed by atoms with Crippen molar-refractivity contribution in [2.24, 2.45) is 10.4 Å². The molecule has 3 N–H and O–H groups in total. The molecule has 6 nitrogen and oxygen atoms in total. The fraction of sp³-hybridized carbons (Fsp3) is 0.600. The zero-order valence-corrected chi connectivity index (χ0v) is 19.8. The number of carbonyl (C=O) groups is 1. The Morgan fingerprint density at radius 1 is 1.15 bits per heavy atom. The summed E-state index contributed by atoms with van der Waals surface area (Å²) in [6, 6.07) is 10.8. The molecule has 0 aromatic heterocycles. The van der Waals surface area contributed by atoms with E-state index >= 15 is 0 Å². The van der Waals surface area contributed by atoms with E-state index in [1.807, 2.05) is 19.9 Å². The van der Waals surface area contributed by atoms with Crippen LogP contribution in [0.15, 0.2) is 35.3 Å². The quantitative estimate of drug-likeness (QED) is 0.284. The maximum absolute atomic E-state index is 11.9. The fourth-order valence-corrected chi connectivity index (χ4v) is 2.93. The Morgan fingerprint density at radius 3 is 2.22 bits per heavy atom. The number of aliphatic imine (C=N–C) groups is 1. The van der Waals surface area contributed by atoms with Gasteiger partial charge in [0.05, 0.1) is 11.5 Å². The second-order valence-electron chi connectivity index (χ2n) is 6.92. The van der Waals surface area contributed by atoms with Crippen molar-refractivity contribution in [2.45, 2.75) is 33.7 Å². The molecule has 1 unspecified atom stereocenters. The number of amides is 1. The first-order valence-corrected chi connectivity index (χ1v) is 9.35. The first kappa shape index (κ1) is 25.6. The van der Waals surface area contributed by atoms with Gasteiger partial charge in [0.2, 0.25) is 5.91 Å². The predicted octanol–water partition coefficient (Wildman–Crippen LogP) is 2.62. The summed E-state index contributed by atoms with van der Waals surface area (Å²) in [6.07, 6.45) is 0. The van der Waals surface area contributed by atoms with Crippen molar-refractivity contribution in [1.82, 2.24) is 20.9 Å². The molecule has 1 aromatic carbocycles. The summed E-state index contributed by atoms with van der Waals surface area (Å²) in [4.78, 5) is 18.7. The van der Waals surface area contributed by atoms with Crippen LogP contribution in [0.1, 0.15) is 39.3 Å². The first-order valence-electron chi connectivity index (χ1n) is 9.35. The predicted molar refractivity (Wildman–Crippen MR) is 125 cm³/mol. The van der Waals surface area contributed by atoms with Crippen molar-refractivity contribution in [3.8, 4) is 0 Å². The van der Waals surface area contributed by atoms with Gasteiger partial charge >= 0.3 is 0 Å². The summed E-state index contributed by atoms with van der Waals surface area (Å²) in [6.45, 7) is 11.4. The Bertz CT molecular complexity index is 573. The van der Waals surface area contributed by atoms with E-state index in [0.717, 1.165) is 19.6 Å². The maximum Gasteiger partial charge on any atom is 0.227 e. The maximum atomic E-state index is 11.9. The highest BCUT2D eigenvalue weighted by molar-refractivity contribution is 14.0. The Labute approximate surface area is 181 Å². The third kappa shape index (κ3) is 8.04. The second kappa shape index (κ2) is 12.9. The van der Waals surface area contributed by atoms with Gasteiger partial charge in [-0.1, -0.05) is 44.2 Å². The van der Waals surface area contributed by atoms with Crippen molar-refractivity contribution in [3.63, 3.8) is 0 Å². The Hall–Kier alpha value is -1.35. The SMILES string of the molecule is CCN(CC)C(CNC(=NC)NCC(C)(C)C(=O)NC)c1ccccc1.I. The number of benzene rings is 1. The van der Waals surface area contributed by atoms with Gasteiger partial charge in [-0.05, 0) is 32.5 Å². The smallest absolute Gasteiger partial charge is 0.227 e. The number of nitrogens with zero attached hydrogens (tertiary/aromatic N) is 2. The Kier molecular flexibility index (Phi) is 12.3. The standard InChI is InChI=1S/C20H35N5O.HI/c1-7-25(8-2)17(16-12-10-9-11-13-16)14-23-19(22-6)24-15-20(3,4)18(26)21-5;/h9-13,17H,7-8,14-15H2,1-6H3,(H,21,26)(H2,22,23,24);1H. The molecule has 0 radical (unpaired) electrons. The van der Waals surface area contributed by atoms with Crippen LogP contribution in [0, 0.1) is 5.41 Å². The van der Waals surface area contributed by atoms with E-state index in [1.165, 1.54) is 5.56 Å². The van der Waals surface area contributed by atoms with Gasteiger partial charge in [0, 0.05) is 27.2 Å². The van der Waals surface area contributed by atoms with Crippen LogP contribution in [0.3, 0.4) is 0 Å². The molecule has 1 rings (SSSR count). The molecule has 1 atom stereocenters. The van der Waals surface area contributed by atoms with Crippen LogP contribution in [0.2, 0.25) is 0 Å². The number of rotatable bonds is 9. The van der Waals surface area contributed by atoms with Crippen molar-refractivity contribution in [2.75, 3.05) is 40.3 Å². The summed E-state index contributed by atoms with van der Waals surface area (Å²) in [5, 5.41) is 9.38. The topological polar surface area (TPSA) is 68.8 Å². The van der Waals surface area contributed by atoms with Gasteiger partial charge in [-0.2, -0.15) is 0 Å². The lowest BCUT2D eigenvalue weighted by Crippen LogP contribution is -2.48. The number of carbonyl (C=O) groups excluding carboxylic acids is 1. The number of guanidine groups is 1. The van der Waals surface area contributed by atoms with Gasteiger partial charge in [0.25, 0.3) is 0 Å². The molecule has 154 valence electrons. The highest BCUT2D eigenvalue weighted by Gasteiger charge is 2.27. The Morgan fingerprint density at radius 2 is 1.74 bits per heavy atom. The average Bonchev–Trinajstić information content (AvgIpc) is 2.67. The molecule has 0 saturated carbocycles. The minimum Gasteiger partial charge on any atom is -0.359 e. The summed E-state index contributed by atoms with van der Waals surface area (Å²) in [7, 11) is 3.41. The van der Waals surface area contributed by atoms with Gasteiger partial charge in [-0.15, -0.1) is 24.0 Å². The minimum atomic E-state index is -0.510. The molecular formula is C20H36IN5O. The monoisotopic (exact) mass is 489 g/mol. The van der Waals surface area contributed by atoms with Crippen molar-refractivity contribution >= 4 is 35.8 Å². The first-order chi connectivity index (χ1) is 12.4. The van der Waals surface area contributed by atoms with Crippen LogP contribution in [-0.4, -0.2) is 57.0 Å². The van der Waals surface area contributed by atoms with Crippen molar-refractivity contribution in [1.29, 1.82) is 0 Å². The van der Waals surface area contributed by atoms with E-state index < -0.39 is 5.41 Å². The van der Waals surface area contributed by atoms with Gasteiger partial charge in [-0.25, -0.2) is 0 Å². The fourth-order valence-electron chi connectivity index (χ4n) is 2.93.